The van der Waals surface area contributed by atoms with E-state index in [4.69, 9.17) is 4.74 Å². The molecule has 2 amide bonds. The van der Waals surface area contributed by atoms with E-state index in [1.165, 1.54) is 11.1 Å². The summed E-state index contributed by atoms with van der Waals surface area (Å²) in [7, 11) is 1.83. The fraction of sp³-hybridized carbons (Fsp3) is 0.619. The van der Waals surface area contributed by atoms with E-state index in [2.05, 4.69) is 34.2 Å². The first-order chi connectivity index (χ1) is 13.5. The van der Waals surface area contributed by atoms with Crippen LogP contribution in [0.1, 0.15) is 17.5 Å². The highest BCUT2D eigenvalue weighted by Gasteiger charge is 2.32. The number of piperazine rings is 1. The number of benzene rings is 1. The number of carbonyl (C=O) groups is 2. The van der Waals surface area contributed by atoms with Crippen molar-refractivity contribution in [1.82, 2.24) is 20.0 Å². The summed E-state index contributed by atoms with van der Waals surface area (Å²) in [5, 5.41) is 2.92. The van der Waals surface area contributed by atoms with Crippen molar-refractivity contribution in [1.29, 1.82) is 0 Å². The SMILES string of the molecule is Cc1ccccc1CN1CCNC(=O)[C@H]1CC(=O)N(C)CCN1CCOCC1. The van der Waals surface area contributed by atoms with Crippen molar-refractivity contribution in [3.8, 4) is 0 Å². The van der Waals surface area contributed by atoms with Crippen LogP contribution in [0, 0.1) is 6.92 Å². The molecule has 0 radical (unpaired) electrons. The van der Waals surface area contributed by atoms with Gasteiger partial charge in [-0.05, 0) is 18.1 Å². The van der Waals surface area contributed by atoms with Gasteiger partial charge in [0.25, 0.3) is 0 Å². The Morgan fingerprint density at radius 3 is 2.75 bits per heavy atom. The third-order valence-corrected chi connectivity index (χ3v) is 5.73. The van der Waals surface area contributed by atoms with Crippen LogP contribution in [0.3, 0.4) is 0 Å². The molecule has 2 heterocycles. The zero-order chi connectivity index (χ0) is 19.9. The van der Waals surface area contributed by atoms with Crippen LogP contribution in [0.4, 0.5) is 0 Å². The summed E-state index contributed by atoms with van der Waals surface area (Å²) in [6.45, 7) is 9.02. The monoisotopic (exact) mass is 388 g/mol. The second-order valence-corrected chi connectivity index (χ2v) is 7.68. The van der Waals surface area contributed by atoms with Gasteiger partial charge in [0.15, 0.2) is 0 Å². The number of amides is 2. The molecule has 3 rings (SSSR count). The van der Waals surface area contributed by atoms with Crippen LogP contribution in [0.5, 0.6) is 0 Å². The summed E-state index contributed by atoms with van der Waals surface area (Å²) in [4.78, 5) is 31.5. The van der Waals surface area contributed by atoms with Crippen LogP contribution in [-0.4, -0.2) is 92.1 Å². The standard InChI is InChI=1S/C21H32N4O3/c1-17-5-3-4-6-18(17)16-25-8-7-22-21(27)19(25)15-20(26)23(2)9-10-24-11-13-28-14-12-24/h3-6,19H,7-16H2,1-2H3,(H,22,27)/t19-/m1/s1. The first-order valence-electron chi connectivity index (χ1n) is 10.1. The van der Waals surface area contributed by atoms with Crippen molar-refractivity contribution in [2.24, 2.45) is 0 Å². The van der Waals surface area contributed by atoms with Crippen LogP contribution in [-0.2, 0) is 20.9 Å². The third kappa shape index (κ3) is 5.53. The number of aryl methyl sites for hydroxylation is 1. The Morgan fingerprint density at radius 1 is 1.25 bits per heavy atom. The highest BCUT2D eigenvalue weighted by molar-refractivity contribution is 5.88. The number of nitrogens with zero attached hydrogens (tertiary/aromatic N) is 3. The predicted octanol–water partition coefficient (Wildman–Crippen LogP) is 0.476. The molecular weight excluding hydrogens is 356 g/mol. The minimum absolute atomic E-state index is 0.0186. The summed E-state index contributed by atoms with van der Waals surface area (Å²) in [6.07, 6.45) is 0.220. The fourth-order valence-corrected chi connectivity index (χ4v) is 3.74. The van der Waals surface area contributed by atoms with Crippen molar-refractivity contribution >= 4 is 11.8 Å². The average Bonchev–Trinajstić information content (AvgIpc) is 2.71. The van der Waals surface area contributed by atoms with Crippen LogP contribution in [0.2, 0.25) is 0 Å². The molecule has 0 unspecified atom stereocenters. The number of hydrogen-bond donors (Lipinski definition) is 1. The molecule has 7 heteroatoms. The first-order valence-corrected chi connectivity index (χ1v) is 10.1. The molecular formula is C21H32N4O3. The van der Waals surface area contributed by atoms with E-state index in [-0.39, 0.29) is 18.2 Å². The zero-order valence-electron chi connectivity index (χ0n) is 17.0. The van der Waals surface area contributed by atoms with E-state index in [1.54, 1.807) is 4.90 Å². The average molecular weight is 389 g/mol. The van der Waals surface area contributed by atoms with Gasteiger partial charge < -0.3 is 15.0 Å². The maximum atomic E-state index is 12.8. The molecule has 154 valence electrons. The van der Waals surface area contributed by atoms with E-state index in [1.807, 2.05) is 19.2 Å². The number of carbonyl (C=O) groups excluding carboxylic acids is 2. The minimum atomic E-state index is -0.410. The number of morpholine rings is 1. The first kappa shape index (κ1) is 20.8. The van der Waals surface area contributed by atoms with Gasteiger partial charge >= 0.3 is 0 Å². The Balaban J connectivity index is 1.56. The van der Waals surface area contributed by atoms with E-state index < -0.39 is 6.04 Å². The van der Waals surface area contributed by atoms with E-state index in [0.717, 1.165) is 39.4 Å². The Kier molecular flexibility index (Phi) is 7.42. The van der Waals surface area contributed by atoms with Crippen molar-refractivity contribution < 1.29 is 14.3 Å². The zero-order valence-corrected chi connectivity index (χ0v) is 17.0. The maximum Gasteiger partial charge on any atom is 0.237 e. The molecule has 0 aromatic heterocycles. The molecule has 0 bridgehead atoms. The lowest BCUT2D eigenvalue weighted by Crippen LogP contribution is -2.56. The summed E-state index contributed by atoms with van der Waals surface area (Å²) >= 11 is 0. The third-order valence-electron chi connectivity index (χ3n) is 5.73. The lowest BCUT2D eigenvalue weighted by Gasteiger charge is -2.36. The molecule has 2 saturated heterocycles. The number of hydrogen-bond acceptors (Lipinski definition) is 5. The largest absolute Gasteiger partial charge is 0.379 e. The van der Waals surface area contributed by atoms with Gasteiger partial charge in [-0.2, -0.15) is 0 Å². The smallest absolute Gasteiger partial charge is 0.237 e. The van der Waals surface area contributed by atoms with Crippen LogP contribution >= 0.6 is 0 Å². The van der Waals surface area contributed by atoms with Gasteiger partial charge in [0.2, 0.25) is 11.8 Å². The Morgan fingerprint density at radius 2 is 2.00 bits per heavy atom. The fourth-order valence-electron chi connectivity index (χ4n) is 3.74. The van der Waals surface area contributed by atoms with Crippen molar-refractivity contribution in [3.05, 3.63) is 35.4 Å². The van der Waals surface area contributed by atoms with Crippen molar-refractivity contribution in [2.75, 3.05) is 59.5 Å². The Labute approximate surface area is 167 Å². The molecule has 1 aromatic carbocycles. The van der Waals surface area contributed by atoms with Gasteiger partial charge in [0.1, 0.15) is 0 Å². The normalized spacial score (nSPS) is 21.4. The minimum Gasteiger partial charge on any atom is -0.379 e. The lowest BCUT2D eigenvalue weighted by molar-refractivity contribution is -0.138. The summed E-state index contributed by atoms with van der Waals surface area (Å²) in [6, 6.07) is 7.80. The lowest BCUT2D eigenvalue weighted by atomic mass is 10.0. The van der Waals surface area contributed by atoms with E-state index >= 15 is 0 Å². The number of rotatable bonds is 7. The number of likely N-dealkylation sites (N-methyl/N-ethyl adjacent to an activating group) is 1. The van der Waals surface area contributed by atoms with Gasteiger partial charge in [0, 0.05) is 52.9 Å². The van der Waals surface area contributed by atoms with Gasteiger partial charge in [0.05, 0.1) is 25.7 Å². The molecule has 0 spiro atoms. The van der Waals surface area contributed by atoms with Gasteiger partial charge in [-0.15, -0.1) is 0 Å². The molecule has 0 aliphatic carbocycles. The quantitative estimate of drug-likeness (QED) is 0.736. The molecule has 1 N–H and O–H groups in total. The van der Waals surface area contributed by atoms with Gasteiger partial charge in [-0.25, -0.2) is 0 Å². The van der Waals surface area contributed by atoms with Crippen LogP contribution < -0.4 is 5.32 Å². The predicted molar refractivity (Wildman–Crippen MR) is 108 cm³/mol. The Bertz CT molecular complexity index is 675. The van der Waals surface area contributed by atoms with Crippen molar-refractivity contribution in [3.63, 3.8) is 0 Å². The topological polar surface area (TPSA) is 65.1 Å². The summed E-state index contributed by atoms with van der Waals surface area (Å²) < 4.78 is 5.36. The Hall–Kier alpha value is -1.96. The molecule has 0 saturated carbocycles. The van der Waals surface area contributed by atoms with Crippen LogP contribution in [0.15, 0.2) is 24.3 Å². The molecule has 1 aromatic rings. The molecule has 2 aliphatic rings. The molecule has 28 heavy (non-hydrogen) atoms. The number of ether oxygens (including phenoxy) is 1. The number of nitrogens with one attached hydrogen (secondary N) is 1. The molecule has 1 atom stereocenters. The van der Waals surface area contributed by atoms with Crippen LogP contribution in [0.25, 0.3) is 0 Å². The molecule has 2 fully saturated rings. The molecule has 7 nitrogen and oxygen atoms in total. The van der Waals surface area contributed by atoms with Crippen molar-refractivity contribution in [2.45, 2.75) is 25.9 Å². The summed E-state index contributed by atoms with van der Waals surface area (Å²) in [5.41, 5.74) is 2.41. The van der Waals surface area contributed by atoms with Gasteiger partial charge in [-0.1, -0.05) is 24.3 Å². The highest BCUT2D eigenvalue weighted by atomic mass is 16.5. The second-order valence-electron chi connectivity index (χ2n) is 7.68. The second kappa shape index (κ2) is 10.0. The highest BCUT2D eigenvalue weighted by Crippen LogP contribution is 2.17. The maximum absolute atomic E-state index is 12.8. The van der Waals surface area contributed by atoms with E-state index in [9.17, 15) is 9.59 Å². The van der Waals surface area contributed by atoms with Gasteiger partial charge in [-0.3, -0.25) is 19.4 Å². The van der Waals surface area contributed by atoms with E-state index in [0.29, 0.717) is 19.6 Å². The summed E-state index contributed by atoms with van der Waals surface area (Å²) in [5.74, 6) is -0.0279. The molecule has 2 aliphatic heterocycles.